The van der Waals surface area contributed by atoms with Crippen LogP contribution in [0, 0.1) is 6.92 Å². The molecule has 0 saturated carbocycles. The first-order chi connectivity index (χ1) is 9.78. The molecule has 0 aliphatic rings. The Kier molecular flexibility index (Phi) is 3.35. The summed E-state index contributed by atoms with van der Waals surface area (Å²) < 4.78 is 1.78. The summed E-state index contributed by atoms with van der Waals surface area (Å²) in [7, 11) is 0. The third kappa shape index (κ3) is 2.35. The standard InChI is InChI=1S/C15H17N5/c1-11-5-4-8-20-14(11)18-15(19-20)17-10-13-7-3-2-6-12(13)9-16/h2-8H,9-10,16H2,1H3,(H,17,19). The van der Waals surface area contributed by atoms with E-state index in [1.165, 1.54) is 5.56 Å². The summed E-state index contributed by atoms with van der Waals surface area (Å²) in [6, 6.07) is 12.1. The highest BCUT2D eigenvalue weighted by atomic mass is 15.3. The van der Waals surface area contributed by atoms with Gasteiger partial charge in [0.25, 0.3) is 0 Å². The summed E-state index contributed by atoms with van der Waals surface area (Å²) in [6.07, 6.45) is 1.90. The van der Waals surface area contributed by atoms with Gasteiger partial charge in [0, 0.05) is 19.3 Å². The number of rotatable bonds is 4. The lowest BCUT2D eigenvalue weighted by Gasteiger charge is -2.07. The van der Waals surface area contributed by atoms with Crippen LogP contribution in [0.3, 0.4) is 0 Å². The lowest BCUT2D eigenvalue weighted by Crippen LogP contribution is -2.07. The molecular formula is C15H17N5. The van der Waals surface area contributed by atoms with Gasteiger partial charge in [-0.15, -0.1) is 5.10 Å². The van der Waals surface area contributed by atoms with Crippen LogP contribution in [-0.2, 0) is 13.1 Å². The van der Waals surface area contributed by atoms with Crippen LogP contribution < -0.4 is 11.1 Å². The Morgan fingerprint density at radius 1 is 1.15 bits per heavy atom. The van der Waals surface area contributed by atoms with E-state index in [1.807, 2.05) is 43.5 Å². The highest BCUT2D eigenvalue weighted by molar-refractivity contribution is 5.50. The Bertz CT molecular complexity index is 732. The van der Waals surface area contributed by atoms with Crippen molar-refractivity contribution in [1.29, 1.82) is 0 Å². The van der Waals surface area contributed by atoms with E-state index in [9.17, 15) is 0 Å². The molecule has 0 aliphatic carbocycles. The van der Waals surface area contributed by atoms with Gasteiger partial charge in [-0.1, -0.05) is 30.3 Å². The predicted molar refractivity (Wildman–Crippen MR) is 79.4 cm³/mol. The van der Waals surface area contributed by atoms with Crippen LogP contribution in [-0.4, -0.2) is 14.6 Å². The molecule has 0 saturated heterocycles. The molecule has 1 aromatic carbocycles. The quantitative estimate of drug-likeness (QED) is 0.759. The number of pyridine rings is 1. The highest BCUT2D eigenvalue weighted by Gasteiger charge is 2.06. The molecule has 2 aromatic heterocycles. The molecule has 5 heteroatoms. The molecular weight excluding hydrogens is 250 g/mol. The van der Waals surface area contributed by atoms with Crippen molar-refractivity contribution in [2.24, 2.45) is 5.73 Å². The minimum atomic E-state index is 0.537. The van der Waals surface area contributed by atoms with Crippen molar-refractivity contribution in [1.82, 2.24) is 14.6 Å². The molecule has 0 aliphatic heterocycles. The summed E-state index contributed by atoms with van der Waals surface area (Å²) >= 11 is 0. The van der Waals surface area contributed by atoms with Gasteiger partial charge in [-0.05, 0) is 29.7 Å². The Morgan fingerprint density at radius 2 is 1.95 bits per heavy atom. The van der Waals surface area contributed by atoms with Crippen LogP contribution in [0.1, 0.15) is 16.7 Å². The fourth-order valence-electron chi connectivity index (χ4n) is 2.22. The number of hydrogen-bond donors (Lipinski definition) is 2. The van der Waals surface area contributed by atoms with Crippen LogP contribution in [0.2, 0.25) is 0 Å². The monoisotopic (exact) mass is 267 g/mol. The van der Waals surface area contributed by atoms with Gasteiger partial charge in [0.15, 0.2) is 5.65 Å². The molecule has 0 spiro atoms. The lowest BCUT2D eigenvalue weighted by molar-refractivity contribution is 0.939. The topological polar surface area (TPSA) is 68.2 Å². The van der Waals surface area contributed by atoms with Crippen molar-refractivity contribution in [2.45, 2.75) is 20.0 Å². The third-order valence-corrected chi connectivity index (χ3v) is 3.33. The molecule has 2 heterocycles. The normalized spacial score (nSPS) is 10.9. The van der Waals surface area contributed by atoms with Gasteiger partial charge in [-0.25, -0.2) is 4.52 Å². The SMILES string of the molecule is Cc1cccn2nc(NCc3ccccc3CN)nc12. The van der Waals surface area contributed by atoms with Crippen LogP contribution in [0.5, 0.6) is 0 Å². The molecule has 0 amide bonds. The number of hydrogen-bond acceptors (Lipinski definition) is 4. The van der Waals surface area contributed by atoms with E-state index in [2.05, 4.69) is 21.5 Å². The predicted octanol–water partition coefficient (Wildman–Crippen LogP) is 2.11. The van der Waals surface area contributed by atoms with Crippen molar-refractivity contribution < 1.29 is 0 Å². The fourth-order valence-corrected chi connectivity index (χ4v) is 2.22. The van der Waals surface area contributed by atoms with Crippen molar-refractivity contribution in [3.63, 3.8) is 0 Å². The second-order valence-electron chi connectivity index (χ2n) is 4.72. The Hall–Kier alpha value is -2.40. The second kappa shape index (κ2) is 5.30. The summed E-state index contributed by atoms with van der Waals surface area (Å²) in [6.45, 7) is 3.23. The number of aromatic nitrogens is 3. The van der Waals surface area contributed by atoms with E-state index < -0.39 is 0 Å². The number of anilines is 1. The summed E-state index contributed by atoms with van der Waals surface area (Å²) in [4.78, 5) is 4.49. The number of fused-ring (bicyclic) bond motifs is 1. The van der Waals surface area contributed by atoms with Gasteiger partial charge < -0.3 is 11.1 Å². The molecule has 0 unspecified atom stereocenters. The zero-order valence-corrected chi connectivity index (χ0v) is 11.4. The van der Waals surface area contributed by atoms with Gasteiger partial charge >= 0.3 is 0 Å². The number of nitrogens with two attached hydrogens (primary N) is 1. The molecule has 0 atom stereocenters. The molecule has 102 valence electrons. The first kappa shape index (κ1) is 12.6. The average Bonchev–Trinajstić information content (AvgIpc) is 2.90. The van der Waals surface area contributed by atoms with E-state index in [0.29, 0.717) is 19.0 Å². The smallest absolute Gasteiger partial charge is 0.243 e. The molecule has 3 aromatic rings. The van der Waals surface area contributed by atoms with Gasteiger partial charge in [-0.2, -0.15) is 4.98 Å². The van der Waals surface area contributed by atoms with Crippen LogP contribution in [0.4, 0.5) is 5.95 Å². The summed E-state index contributed by atoms with van der Waals surface area (Å²) in [5.74, 6) is 0.631. The Labute approximate surface area is 117 Å². The maximum Gasteiger partial charge on any atom is 0.243 e. The summed E-state index contributed by atoms with van der Waals surface area (Å²) in [5.41, 5.74) is 10.0. The van der Waals surface area contributed by atoms with Gasteiger partial charge in [0.1, 0.15) is 0 Å². The first-order valence-corrected chi connectivity index (χ1v) is 6.60. The van der Waals surface area contributed by atoms with Crippen molar-refractivity contribution in [3.05, 3.63) is 59.3 Å². The zero-order chi connectivity index (χ0) is 13.9. The Balaban J connectivity index is 1.82. The van der Waals surface area contributed by atoms with Crippen LogP contribution >= 0.6 is 0 Å². The van der Waals surface area contributed by atoms with Gasteiger partial charge in [0.05, 0.1) is 0 Å². The maximum atomic E-state index is 5.74. The number of benzene rings is 1. The van der Waals surface area contributed by atoms with Gasteiger partial charge in [0.2, 0.25) is 5.95 Å². The average molecular weight is 267 g/mol. The third-order valence-electron chi connectivity index (χ3n) is 3.33. The first-order valence-electron chi connectivity index (χ1n) is 6.60. The molecule has 3 rings (SSSR count). The highest BCUT2D eigenvalue weighted by Crippen LogP contribution is 2.12. The van der Waals surface area contributed by atoms with E-state index in [1.54, 1.807) is 4.52 Å². The number of aryl methyl sites for hydroxylation is 1. The molecule has 0 radical (unpaired) electrons. The summed E-state index contributed by atoms with van der Waals surface area (Å²) in [5, 5.41) is 7.66. The van der Waals surface area contributed by atoms with Crippen molar-refractivity contribution in [3.8, 4) is 0 Å². The molecule has 5 nitrogen and oxygen atoms in total. The molecule has 3 N–H and O–H groups in total. The maximum absolute atomic E-state index is 5.74. The van der Waals surface area contributed by atoms with E-state index in [4.69, 9.17) is 5.73 Å². The minimum Gasteiger partial charge on any atom is -0.349 e. The zero-order valence-electron chi connectivity index (χ0n) is 11.4. The Morgan fingerprint density at radius 3 is 2.70 bits per heavy atom. The van der Waals surface area contributed by atoms with Gasteiger partial charge in [-0.3, -0.25) is 0 Å². The van der Waals surface area contributed by atoms with E-state index >= 15 is 0 Å². The van der Waals surface area contributed by atoms with E-state index in [0.717, 1.165) is 16.8 Å². The van der Waals surface area contributed by atoms with Crippen molar-refractivity contribution in [2.75, 3.05) is 5.32 Å². The van der Waals surface area contributed by atoms with E-state index in [-0.39, 0.29) is 0 Å². The van der Waals surface area contributed by atoms with Crippen molar-refractivity contribution >= 4 is 11.6 Å². The minimum absolute atomic E-state index is 0.537. The largest absolute Gasteiger partial charge is 0.349 e. The van der Waals surface area contributed by atoms with Crippen LogP contribution in [0.15, 0.2) is 42.6 Å². The fraction of sp³-hybridized carbons (Fsp3) is 0.200. The molecule has 0 bridgehead atoms. The molecule has 20 heavy (non-hydrogen) atoms. The number of nitrogens with zero attached hydrogens (tertiary/aromatic N) is 3. The lowest BCUT2D eigenvalue weighted by atomic mass is 10.1. The number of nitrogens with one attached hydrogen (secondary N) is 1. The second-order valence-corrected chi connectivity index (χ2v) is 4.72. The van der Waals surface area contributed by atoms with Crippen LogP contribution in [0.25, 0.3) is 5.65 Å². The molecule has 0 fully saturated rings.